The van der Waals surface area contributed by atoms with Crippen LogP contribution in [-0.4, -0.2) is 46.7 Å². The van der Waals surface area contributed by atoms with Gasteiger partial charge in [0.25, 0.3) is 0 Å². The Morgan fingerprint density at radius 2 is 2.04 bits per heavy atom. The highest BCUT2D eigenvalue weighted by molar-refractivity contribution is 6.30. The van der Waals surface area contributed by atoms with Crippen LogP contribution in [-0.2, 0) is 9.53 Å². The number of piperidine rings is 1. The molecule has 6 heteroatoms. The van der Waals surface area contributed by atoms with E-state index in [-0.39, 0.29) is 19.2 Å². The molecule has 1 aromatic heterocycles. The second-order valence-electron chi connectivity index (χ2n) is 6.18. The van der Waals surface area contributed by atoms with E-state index in [1.165, 1.54) is 0 Å². The third kappa shape index (κ3) is 6.03. The number of carbonyl (C=O) groups is 1. The lowest BCUT2D eigenvalue weighted by atomic mass is 10.0. The molecule has 1 aliphatic rings. The Hall–Kier alpha value is -1.95. The second kappa shape index (κ2) is 9.83. The van der Waals surface area contributed by atoms with E-state index in [0.717, 1.165) is 10.5 Å². The lowest BCUT2D eigenvalue weighted by molar-refractivity contribution is -0.137. The van der Waals surface area contributed by atoms with Crippen LogP contribution in [0.1, 0.15) is 51.2 Å². The van der Waals surface area contributed by atoms with Gasteiger partial charge in [0.2, 0.25) is 0 Å². The average Bonchev–Trinajstić information content (AvgIpc) is 2.78. The van der Waals surface area contributed by atoms with E-state index in [1.54, 1.807) is 24.4 Å². The number of pyridine rings is 1. The highest BCUT2D eigenvalue weighted by Crippen LogP contribution is 2.29. The molecule has 0 unspecified atom stereocenters. The minimum absolute atomic E-state index is 0.0719. The summed E-state index contributed by atoms with van der Waals surface area (Å²) in [6.07, 6.45) is -5.09. The van der Waals surface area contributed by atoms with Crippen molar-refractivity contribution < 1.29 is 22.9 Å². The van der Waals surface area contributed by atoms with Gasteiger partial charge in [0, 0.05) is 38.9 Å². The molecule has 27 heavy (non-hydrogen) atoms. The Balaban J connectivity index is 1.74. The monoisotopic (exact) mass is 394 g/mol. The molecule has 1 atom stereocenters. The summed E-state index contributed by atoms with van der Waals surface area (Å²) in [7, 11) is 0. The van der Waals surface area contributed by atoms with Crippen LogP contribution >= 0.6 is 11.6 Å². The standard InChI is InChI=1S/C21H25ClN2O3/c22-17-8-6-16(7-9-17)21(19-4-1-2-12-23-19)27-18-10-14-24(15-11-18)13-3-5-20(25)26/h1-2,4,6-9,12,18,21H,3,5,10-11,13-15H2,(H,25,26)/t21-/m0/s1/i3D2,5D2,13D2. The zero-order chi connectivity index (χ0) is 24.4. The molecule has 0 aliphatic carbocycles. The summed E-state index contributed by atoms with van der Waals surface area (Å²) in [5.41, 5.74) is 1.55. The fourth-order valence-corrected chi connectivity index (χ4v) is 3.07. The van der Waals surface area contributed by atoms with Gasteiger partial charge in [0.15, 0.2) is 0 Å². The van der Waals surface area contributed by atoms with Crippen LogP contribution in [0.2, 0.25) is 5.02 Å². The maximum Gasteiger partial charge on any atom is 0.303 e. The Morgan fingerprint density at radius 3 is 2.67 bits per heavy atom. The molecule has 1 fully saturated rings. The molecule has 1 aromatic carbocycles. The van der Waals surface area contributed by atoms with Crippen molar-refractivity contribution in [3.8, 4) is 0 Å². The maximum absolute atomic E-state index is 11.2. The number of halogens is 1. The number of benzene rings is 1. The molecule has 0 spiro atoms. The first-order valence-electron chi connectivity index (χ1n) is 11.7. The maximum atomic E-state index is 11.2. The van der Waals surface area contributed by atoms with Gasteiger partial charge in [-0.25, -0.2) is 0 Å². The van der Waals surface area contributed by atoms with E-state index in [2.05, 4.69) is 4.98 Å². The van der Waals surface area contributed by atoms with E-state index in [1.807, 2.05) is 24.3 Å². The number of hydrogen-bond acceptors (Lipinski definition) is 4. The molecule has 0 radical (unpaired) electrons. The summed E-state index contributed by atoms with van der Waals surface area (Å²) in [6, 6.07) is 12.7. The predicted molar refractivity (Wildman–Crippen MR) is 105 cm³/mol. The summed E-state index contributed by atoms with van der Waals surface area (Å²) in [6.45, 7) is -2.69. The van der Waals surface area contributed by atoms with E-state index in [9.17, 15) is 4.79 Å². The van der Waals surface area contributed by atoms with E-state index in [0.29, 0.717) is 23.6 Å². The zero-order valence-corrected chi connectivity index (χ0v) is 15.4. The molecule has 1 aliphatic heterocycles. The van der Waals surface area contributed by atoms with Gasteiger partial charge >= 0.3 is 5.97 Å². The number of carboxylic acids is 1. The van der Waals surface area contributed by atoms with Gasteiger partial charge in [-0.15, -0.1) is 0 Å². The van der Waals surface area contributed by atoms with Gasteiger partial charge in [-0.3, -0.25) is 9.78 Å². The summed E-state index contributed by atoms with van der Waals surface area (Å²) in [5.74, 6) is -2.05. The number of ether oxygens (including phenoxy) is 1. The van der Waals surface area contributed by atoms with Crippen LogP contribution in [0.4, 0.5) is 0 Å². The molecule has 1 N–H and O–H groups in total. The Morgan fingerprint density at radius 1 is 1.30 bits per heavy atom. The summed E-state index contributed by atoms with van der Waals surface area (Å²) in [5, 5.41) is 9.67. The number of hydrogen-bond donors (Lipinski definition) is 1. The first-order chi connectivity index (χ1) is 15.4. The van der Waals surface area contributed by atoms with Crippen molar-refractivity contribution >= 4 is 17.6 Å². The number of likely N-dealkylation sites (tertiary alicyclic amines) is 1. The van der Waals surface area contributed by atoms with Gasteiger partial charge in [-0.2, -0.15) is 0 Å². The first kappa shape index (κ1) is 13.3. The normalized spacial score (nSPS) is 21.8. The van der Waals surface area contributed by atoms with Crippen molar-refractivity contribution in [1.82, 2.24) is 9.88 Å². The topological polar surface area (TPSA) is 62.7 Å². The van der Waals surface area contributed by atoms with E-state index >= 15 is 0 Å². The number of carboxylic acid groups (broad SMARTS) is 1. The quantitative estimate of drug-likeness (QED) is 0.728. The van der Waals surface area contributed by atoms with Crippen molar-refractivity contribution in [2.24, 2.45) is 0 Å². The molecule has 5 nitrogen and oxygen atoms in total. The summed E-state index contributed by atoms with van der Waals surface area (Å²) < 4.78 is 53.8. The van der Waals surface area contributed by atoms with Gasteiger partial charge in [-0.05, 0) is 55.5 Å². The lowest BCUT2D eigenvalue weighted by Gasteiger charge is -2.34. The van der Waals surface area contributed by atoms with Crippen molar-refractivity contribution in [3.63, 3.8) is 0 Å². The number of rotatable bonds is 8. The molecule has 0 amide bonds. The van der Waals surface area contributed by atoms with E-state index < -0.39 is 31.3 Å². The van der Waals surface area contributed by atoms with Crippen molar-refractivity contribution in [2.45, 2.75) is 37.8 Å². The Kier molecular flexibility index (Phi) is 4.83. The SMILES string of the molecule is [2H]C([2H])(C(=O)O)C([2H])([2H])C([2H])([2H])N1CCC(O[C@@H](c2ccc(Cl)cc2)c2ccccn2)CC1. The molecule has 3 rings (SSSR count). The van der Waals surface area contributed by atoms with Gasteiger partial charge < -0.3 is 14.7 Å². The predicted octanol–water partition coefficient (Wildman–Crippen LogP) is 4.17. The molecule has 144 valence electrons. The molecule has 2 aromatic rings. The van der Waals surface area contributed by atoms with Crippen molar-refractivity contribution in [3.05, 3.63) is 64.9 Å². The van der Waals surface area contributed by atoms with Crippen LogP contribution in [0, 0.1) is 0 Å². The molecule has 0 bridgehead atoms. The number of aliphatic carboxylic acids is 1. The highest BCUT2D eigenvalue weighted by atomic mass is 35.5. The first-order valence-corrected chi connectivity index (χ1v) is 9.06. The van der Waals surface area contributed by atoms with Crippen molar-refractivity contribution in [1.29, 1.82) is 0 Å². The minimum Gasteiger partial charge on any atom is -0.481 e. The van der Waals surface area contributed by atoms with Gasteiger partial charge in [0.1, 0.15) is 6.10 Å². The van der Waals surface area contributed by atoms with Crippen LogP contribution in [0.25, 0.3) is 0 Å². The smallest absolute Gasteiger partial charge is 0.303 e. The number of nitrogens with zero attached hydrogens (tertiary/aromatic N) is 2. The van der Waals surface area contributed by atoms with Crippen LogP contribution in [0.3, 0.4) is 0 Å². The molecule has 0 saturated carbocycles. The average molecular weight is 395 g/mol. The lowest BCUT2D eigenvalue weighted by Crippen LogP contribution is -2.38. The van der Waals surface area contributed by atoms with E-state index in [4.69, 9.17) is 29.7 Å². The van der Waals surface area contributed by atoms with Gasteiger partial charge in [0.05, 0.1) is 11.8 Å². The zero-order valence-electron chi connectivity index (χ0n) is 20.6. The van der Waals surface area contributed by atoms with Crippen molar-refractivity contribution in [2.75, 3.05) is 19.6 Å². The second-order valence-corrected chi connectivity index (χ2v) is 6.61. The summed E-state index contributed by atoms with van der Waals surface area (Å²) >= 11 is 6.01. The Bertz CT molecular complexity index is 954. The van der Waals surface area contributed by atoms with Crippen LogP contribution in [0.5, 0.6) is 0 Å². The highest BCUT2D eigenvalue weighted by Gasteiger charge is 2.25. The molecule has 1 saturated heterocycles. The van der Waals surface area contributed by atoms with Crippen LogP contribution in [0.15, 0.2) is 48.7 Å². The molecule has 2 heterocycles. The molecular formula is C21H25ClN2O3. The molecular weight excluding hydrogens is 364 g/mol. The fraction of sp³-hybridized carbons (Fsp3) is 0.429. The third-order valence-corrected chi connectivity index (χ3v) is 4.54. The fourth-order valence-electron chi connectivity index (χ4n) is 2.94. The van der Waals surface area contributed by atoms with Gasteiger partial charge in [-0.1, -0.05) is 29.8 Å². The number of aromatic nitrogens is 1. The van der Waals surface area contributed by atoms with Crippen LogP contribution < -0.4 is 0 Å². The minimum atomic E-state index is -3.40. The summed E-state index contributed by atoms with van der Waals surface area (Å²) in [4.78, 5) is 16.8. The third-order valence-electron chi connectivity index (χ3n) is 4.28. The largest absolute Gasteiger partial charge is 0.481 e. The Labute approximate surface area is 173 Å².